The predicted molar refractivity (Wildman–Crippen MR) is 78.9 cm³/mol. The average molecular weight is 313 g/mol. The molecule has 0 radical (unpaired) electrons. The normalized spacial score (nSPS) is 12.7. The molecule has 0 saturated carbocycles. The molecule has 0 heterocycles. The van der Waals surface area contributed by atoms with Crippen LogP contribution in [0, 0.1) is 18.6 Å². The SMILES string of the molecule is Cc1cc(F)c(C(=O)CC(C)NC(=O)OC(C)(C)C)cc1F. The van der Waals surface area contributed by atoms with Crippen LogP contribution in [0.2, 0.25) is 0 Å². The molecule has 0 aromatic heterocycles. The third-order valence-corrected chi connectivity index (χ3v) is 2.80. The van der Waals surface area contributed by atoms with Gasteiger partial charge in [0, 0.05) is 12.5 Å². The smallest absolute Gasteiger partial charge is 0.407 e. The van der Waals surface area contributed by atoms with Gasteiger partial charge < -0.3 is 10.1 Å². The molecule has 4 nitrogen and oxygen atoms in total. The van der Waals surface area contributed by atoms with Crippen molar-refractivity contribution in [3.05, 3.63) is 34.9 Å². The minimum absolute atomic E-state index is 0.133. The highest BCUT2D eigenvalue weighted by Gasteiger charge is 2.21. The van der Waals surface area contributed by atoms with Crippen molar-refractivity contribution in [3.63, 3.8) is 0 Å². The summed E-state index contributed by atoms with van der Waals surface area (Å²) in [4.78, 5) is 23.6. The molecule has 0 aliphatic heterocycles. The fourth-order valence-electron chi connectivity index (χ4n) is 1.81. The number of benzene rings is 1. The number of Topliss-reactive ketones (excluding diaryl/α,β-unsaturated/α-hetero) is 1. The zero-order valence-corrected chi connectivity index (χ0v) is 13.4. The van der Waals surface area contributed by atoms with Crippen molar-refractivity contribution in [2.75, 3.05) is 0 Å². The Morgan fingerprint density at radius 2 is 1.82 bits per heavy atom. The summed E-state index contributed by atoms with van der Waals surface area (Å²) in [7, 11) is 0. The lowest BCUT2D eigenvalue weighted by Crippen LogP contribution is -2.38. The van der Waals surface area contributed by atoms with Crippen LogP contribution in [-0.4, -0.2) is 23.5 Å². The van der Waals surface area contributed by atoms with E-state index in [1.165, 1.54) is 6.92 Å². The summed E-state index contributed by atoms with van der Waals surface area (Å²) in [6.45, 7) is 8.15. The third-order valence-electron chi connectivity index (χ3n) is 2.80. The van der Waals surface area contributed by atoms with Crippen molar-refractivity contribution in [3.8, 4) is 0 Å². The van der Waals surface area contributed by atoms with Gasteiger partial charge >= 0.3 is 6.09 Å². The Labute approximate surface area is 128 Å². The van der Waals surface area contributed by atoms with E-state index >= 15 is 0 Å². The van der Waals surface area contributed by atoms with Gasteiger partial charge in [0.25, 0.3) is 0 Å². The predicted octanol–water partition coefficient (Wildman–Crippen LogP) is 3.76. The highest BCUT2D eigenvalue weighted by atomic mass is 19.1. The van der Waals surface area contributed by atoms with Gasteiger partial charge in [-0.1, -0.05) is 0 Å². The van der Waals surface area contributed by atoms with E-state index in [-0.39, 0.29) is 17.5 Å². The molecule has 1 aromatic carbocycles. The maximum atomic E-state index is 13.7. The van der Waals surface area contributed by atoms with Crippen LogP contribution in [0.15, 0.2) is 12.1 Å². The number of hydrogen-bond donors (Lipinski definition) is 1. The standard InChI is InChI=1S/C16H21F2NO3/c1-9-6-13(18)11(8-12(9)17)14(20)7-10(2)19-15(21)22-16(3,4)5/h6,8,10H,7H2,1-5H3,(H,19,21). The zero-order valence-electron chi connectivity index (χ0n) is 13.4. The first-order chi connectivity index (χ1) is 9.99. The third kappa shape index (κ3) is 5.42. The Hall–Kier alpha value is -1.98. The second-order valence-electron chi connectivity index (χ2n) is 6.26. The van der Waals surface area contributed by atoms with E-state index in [4.69, 9.17) is 4.74 Å². The molecular formula is C16H21F2NO3. The minimum Gasteiger partial charge on any atom is -0.444 e. The van der Waals surface area contributed by atoms with Gasteiger partial charge in [-0.2, -0.15) is 0 Å². The largest absolute Gasteiger partial charge is 0.444 e. The molecule has 1 atom stereocenters. The fraction of sp³-hybridized carbons (Fsp3) is 0.500. The van der Waals surface area contributed by atoms with E-state index in [1.54, 1.807) is 27.7 Å². The van der Waals surface area contributed by atoms with E-state index in [2.05, 4.69) is 5.32 Å². The number of ether oxygens (including phenoxy) is 1. The zero-order chi connectivity index (χ0) is 17.1. The van der Waals surface area contributed by atoms with E-state index in [0.717, 1.165) is 12.1 Å². The van der Waals surface area contributed by atoms with E-state index in [0.29, 0.717) is 0 Å². The van der Waals surface area contributed by atoms with Crippen LogP contribution in [0.3, 0.4) is 0 Å². The number of amides is 1. The second kappa shape index (κ2) is 6.85. The summed E-state index contributed by atoms with van der Waals surface area (Å²) in [5.74, 6) is -1.99. The Kier molecular flexibility index (Phi) is 5.63. The van der Waals surface area contributed by atoms with Crippen LogP contribution in [-0.2, 0) is 4.74 Å². The highest BCUT2D eigenvalue weighted by Crippen LogP contribution is 2.16. The molecule has 0 saturated heterocycles. The van der Waals surface area contributed by atoms with Crippen LogP contribution in [0.5, 0.6) is 0 Å². The molecule has 0 bridgehead atoms. The number of aryl methyl sites for hydroxylation is 1. The first kappa shape index (κ1) is 18.1. The molecule has 1 aromatic rings. The molecule has 1 amide bonds. The van der Waals surface area contributed by atoms with Gasteiger partial charge in [-0.05, 0) is 52.3 Å². The van der Waals surface area contributed by atoms with Crippen molar-refractivity contribution >= 4 is 11.9 Å². The molecule has 1 rings (SSSR count). The number of hydrogen-bond acceptors (Lipinski definition) is 3. The van der Waals surface area contributed by atoms with Gasteiger partial charge in [0.05, 0.1) is 5.56 Å². The summed E-state index contributed by atoms with van der Waals surface area (Å²) in [5.41, 5.74) is -0.838. The van der Waals surface area contributed by atoms with Crippen LogP contribution in [0.1, 0.15) is 50.0 Å². The Bertz CT molecular complexity index is 579. The second-order valence-corrected chi connectivity index (χ2v) is 6.26. The number of carbonyl (C=O) groups excluding carboxylic acids is 2. The Morgan fingerprint density at radius 1 is 1.23 bits per heavy atom. The lowest BCUT2D eigenvalue weighted by Gasteiger charge is -2.21. The van der Waals surface area contributed by atoms with E-state index in [9.17, 15) is 18.4 Å². The molecule has 0 aliphatic rings. The summed E-state index contributed by atoms with van der Waals surface area (Å²) in [6.07, 6.45) is -0.818. The molecule has 122 valence electrons. The van der Waals surface area contributed by atoms with Crippen molar-refractivity contribution in [2.24, 2.45) is 0 Å². The van der Waals surface area contributed by atoms with Crippen molar-refractivity contribution in [1.29, 1.82) is 0 Å². The summed E-state index contributed by atoms with van der Waals surface area (Å²) < 4.78 is 32.2. The van der Waals surface area contributed by atoms with Crippen molar-refractivity contribution in [1.82, 2.24) is 5.32 Å². The molecule has 0 spiro atoms. The maximum absolute atomic E-state index is 13.7. The Balaban J connectivity index is 2.69. The first-order valence-electron chi connectivity index (χ1n) is 6.98. The van der Waals surface area contributed by atoms with Gasteiger partial charge in [-0.3, -0.25) is 4.79 Å². The van der Waals surface area contributed by atoms with Crippen LogP contribution in [0.4, 0.5) is 13.6 Å². The van der Waals surface area contributed by atoms with Crippen molar-refractivity contribution < 1.29 is 23.1 Å². The van der Waals surface area contributed by atoms with Crippen LogP contribution < -0.4 is 5.32 Å². The molecule has 6 heteroatoms. The van der Waals surface area contributed by atoms with Crippen LogP contribution >= 0.6 is 0 Å². The van der Waals surface area contributed by atoms with Crippen LogP contribution in [0.25, 0.3) is 0 Å². The summed E-state index contributed by atoms with van der Waals surface area (Å²) in [5, 5.41) is 2.48. The molecule has 1 N–H and O–H groups in total. The van der Waals surface area contributed by atoms with Gasteiger partial charge in [0.2, 0.25) is 0 Å². The fourth-order valence-corrected chi connectivity index (χ4v) is 1.81. The maximum Gasteiger partial charge on any atom is 0.407 e. The van der Waals surface area contributed by atoms with Crippen molar-refractivity contribution in [2.45, 2.75) is 52.7 Å². The van der Waals surface area contributed by atoms with Gasteiger partial charge in [-0.25, -0.2) is 13.6 Å². The number of rotatable bonds is 4. The molecule has 1 unspecified atom stereocenters. The topological polar surface area (TPSA) is 55.4 Å². The van der Waals surface area contributed by atoms with Gasteiger partial charge in [0.1, 0.15) is 17.2 Å². The number of carbonyl (C=O) groups is 2. The monoisotopic (exact) mass is 313 g/mol. The van der Waals surface area contributed by atoms with Gasteiger partial charge in [-0.15, -0.1) is 0 Å². The Morgan fingerprint density at radius 3 is 2.36 bits per heavy atom. The first-order valence-corrected chi connectivity index (χ1v) is 6.98. The van der Waals surface area contributed by atoms with E-state index in [1.807, 2.05) is 0 Å². The lowest BCUT2D eigenvalue weighted by atomic mass is 10.0. The summed E-state index contributed by atoms with van der Waals surface area (Å²) >= 11 is 0. The van der Waals surface area contributed by atoms with E-state index < -0.39 is 35.2 Å². The number of nitrogens with one attached hydrogen (secondary N) is 1. The summed E-state index contributed by atoms with van der Waals surface area (Å²) in [6, 6.07) is 1.30. The molecule has 0 aliphatic carbocycles. The average Bonchev–Trinajstić information content (AvgIpc) is 2.30. The quantitative estimate of drug-likeness (QED) is 0.861. The van der Waals surface area contributed by atoms with Gasteiger partial charge in [0.15, 0.2) is 5.78 Å². The minimum atomic E-state index is -0.770. The number of ketones is 1. The molecule has 22 heavy (non-hydrogen) atoms. The molecular weight excluding hydrogens is 292 g/mol. The number of alkyl carbamates (subject to hydrolysis) is 1. The molecule has 0 fully saturated rings. The highest BCUT2D eigenvalue weighted by molar-refractivity contribution is 5.97. The number of halogens is 2. The lowest BCUT2D eigenvalue weighted by molar-refractivity contribution is 0.0506.